The quantitative estimate of drug-likeness (QED) is 0.535. The Labute approximate surface area is 201 Å². The monoisotopic (exact) mass is 513 g/mol. The van der Waals surface area contributed by atoms with Gasteiger partial charge in [-0.3, -0.25) is 9.59 Å². The summed E-state index contributed by atoms with van der Waals surface area (Å²) in [5, 5.41) is 8.93. The van der Waals surface area contributed by atoms with Crippen molar-refractivity contribution in [2.75, 3.05) is 19.5 Å². The Morgan fingerprint density at radius 2 is 2.09 bits per heavy atom. The number of rotatable bonds is 5. The van der Waals surface area contributed by atoms with Crippen LogP contribution in [0.3, 0.4) is 0 Å². The summed E-state index contributed by atoms with van der Waals surface area (Å²) in [4.78, 5) is 30.7. The topological polar surface area (TPSA) is 98.1 Å². The van der Waals surface area contributed by atoms with Crippen LogP contribution in [0, 0.1) is 0 Å². The predicted molar refractivity (Wildman–Crippen MR) is 120 cm³/mol. The van der Waals surface area contributed by atoms with Crippen LogP contribution in [0.4, 0.5) is 18.2 Å². The Kier molecular flexibility index (Phi) is 6.65. The van der Waals surface area contributed by atoms with Crippen LogP contribution in [0.15, 0.2) is 24.4 Å². The van der Waals surface area contributed by atoms with Gasteiger partial charge in [0.05, 0.1) is 16.7 Å². The number of thiophene rings is 1. The first-order valence-corrected chi connectivity index (χ1v) is 11.3. The van der Waals surface area contributed by atoms with Crippen molar-refractivity contribution in [2.45, 2.75) is 31.5 Å². The highest BCUT2D eigenvalue weighted by molar-refractivity contribution is 7.17. The Morgan fingerprint density at radius 1 is 1.32 bits per heavy atom. The third-order valence-corrected chi connectivity index (χ3v) is 6.87. The number of nitrogens with one attached hydrogen (secondary N) is 2. The third-order valence-electron chi connectivity index (χ3n) is 5.41. The number of aromatic nitrogens is 3. The lowest BCUT2D eigenvalue weighted by Crippen LogP contribution is -2.25. The number of fused-ring (bicyclic) bond motifs is 1. The molecule has 1 unspecified atom stereocenters. The van der Waals surface area contributed by atoms with E-state index < -0.39 is 29.4 Å². The van der Waals surface area contributed by atoms with Gasteiger partial charge in [-0.05, 0) is 30.5 Å². The van der Waals surface area contributed by atoms with E-state index in [1.807, 2.05) is 0 Å². The fraction of sp³-hybridized carbons (Fsp3) is 0.333. The van der Waals surface area contributed by atoms with Crippen LogP contribution in [-0.4, -0.2) is 46.8 Å². The van der Waals surface area contributed by atoms with Crippen molar-refractivity contribution in [1.29, 1.82) is 0 Å². The largest absolute Gasteiger partial charge is 0.435 e. The molecule has 0 saturated carbocycles. The lowest BCUT2D eigenvalue weighted by atomic mass is 9.93. The highest BCUT2D eigenvalue weighted by Gasteiger charge is 2.37. The van der Waals surface area contributed by atoms with Crippen molar-refractivity contribution in [2.24, 2.45) is 0 Å². The van der Waals surface area contributed by atoms with Crippen LogP contribution in [0.2, 0.25) is 5.02 Å². The van der Waals surface area contributed by atoms with Crippen molar-refractivity contribution < 1.29 is 27.5 Å². The predicted octanol–water partition coefficient (Wildman–Crippen LogP) is 4.12. The van der Waals surface area contributed by atoms with Gasteiger partial charge in [0.15, 0.2) is 11.5 Å². The summed E-state index contributed by atoms with van der Waals surface area (Å²) in [6, 6.07) is 3.54. The molecule has 0 bridgehead atoms. The van der Waals surface area contributed by atoms with Crippen molar-refractivity contribution in [3.8, 4) is 5.82 Å². The molecule has 0 radical (unpaired) electrons. The summed E-state index contributed by atoms with van der Waals surface area (Å²) in [5.41, 5.74) is -0.621. The van der Waals surface area contributed by atoms with Gasteiger partial charge in [-0.15, -0.1) is 11.3 Å². The maximum atomic E-state index is 13.4. The molecule has 3 aromatic rings. The molecule has 180 valence electrons. The minimum Gasteiger partial charge on any atom is -0.381 e. The van der Waals surface area contributed by atoms with Crippen LogP contribution in [0.25, 0.3) is 5.82 Å². The van der Waals surface area contributed by atoms with E-state index in [0.717, 1.165) is 15.1 Å². The number of carbonyl (C=O) groups excluding carboxylic acids is 2. The van der Waals surface area contributed by atoms with Crippen LogP contribution < -0.4 is 10.6 Å². The molecule has 0 fully saturated rings. The number of alkyl halides is 3. The molecule has 1 aliphatic rings. The number of amides is 2. The fourth-order valence-electron chi connectivity index (χ4n) is 3.75. The van der Waals surface area contributed by atoms with Gasteiger partial charge in [-0.1, -0.05) is 11.6 Å². The molecular weight excluding hydrogens is 495 g/mol. The number of anilines is 1. The zero-order valence-electron chi connectivity index (χ0n) is 18.0. The highest BCUT2D eigenvalue weighted by Crippen LogP contribution is 2.39. The minimum atomic E-state index is -4.80. The number of methoxy groups -OCH3 is 1. The van der Waals surface area contributed by atoms with E-state index >= 15 is 0 Å². The van der Waals surface area contributed by atoms with E-state index in [0.29, 0.717) is 30.9 Å². The first-order valence-electron chi connectivity index (χ1n) is 10.1. The van der Waals surface area contributed by atoms with Crippen LogP contribution in [-0.2, 0) is 23.8 Å². The molecule has 2 amide bonds. The molecule has 13 heteroatoms. The second kappa shape index (κ2) is 9.35. The Bertz CT molecular complexity index is 1260. The number of hydrogen-bond acceptors (Lipinski definition) is 6. The standard InChI is InChI=1S/C21H19ClF3N5O3S/c1-26-19(32)16-11-6-5-10(33-2)8-14(11)34-20(16)28-18(31)13-9-15(21(23,24)25)29-30(13)17-12(22)4-3-7-27-17/h3-4,7,9-10H,5-6,8H2,1-2H3,(H,26,32)(H,28,31). The Balaban J connectivity index is 1.77. The number of ether oxygens (including phenoxy) is 1. The maximum Gasteiger partial charge on any atom is 0.435 e. The molecule has 0 spiro atoms. The molecule has 3 heterocycles. The number of nitrogens with zero attached hydrogens (tertiary/aromatic N) is 3. The highest BCUT2D eigenvalue weighted by atomic mass is 35.5. The Hall–Kier alpha value is -2.96. The summed E-state index contributed by atoms with van der Waals surface area (Å²) >= 11 is 7.30. The fourth-order valence-corrected chi connectivity index (χ4v) is 5.26. The summed E-state index contributed by atoms with van der Waals surface area (Å²) < 4.78 is 46.4. The molecule has 3 aromatic heterocycles. The maximum absolute atomic E-state index is 13.4. The number of hydrogen-bond donors (Lipinski definition) is 2. The van der Waals surface area contributed by atoms with Crippen LogP contribution >= 0.6 is 22.9 Å². The SMILES string of the molecule is CNC(=O)c1c(NC(=O)c2cc(C(F)(F)F)nn2-c2ncccc2Cl)sc2c1CCC(OC)C2. The summed E-state index contributed by atoms with van der Waals surface area (Å²) in [7, 11) is 3.07. The van der Waals surface area contributed by atoms with Gasteiger partial charge in [0.25, 0.3) is 11.8 Å². The Morgan fingerprint density at radius 3 is 2.74 bits per heavy atom. The second-order valence-corrected chi connectivity index (χ2v) is 8.99. The average molecular weight is 514 g/mol. The second-order valence-electron chi connectivity index (χ2n) is 7.47. The van der Waals surface area contributed by atoms with Crippen molar-refractivity contribution in [3.63, 3.8) is 0 Å². The molecule has 1 aliphatic carbocycles. The van der Waals surface area contributed by atoms with Crippen molar-refractivity contribution in [3.05, 3.63) is 56.8 Å². The van der Waals surface area contributed by atoms with Gasteiger partial charge in [0.1, 0.15) is 10.7 Å². The van der Waals surface area contributed by atoms with Crippen molar-refractivity contribution >= 4 is 39.8 Å². The van der Waals surface area contributed by atoms with Crippen LogP contribution in [0.5, 0.6) is 0 Å². The van der Waals surface area contributed by atoms with Gasteiger partial charge in [0, 0.05) is 37.7 Å². The summed E-state index contributed by atoms with van der Waals surface area (Å²) in [6.45, 7) is 0. The molecule has 2 N–H and O–H groups in total. The molecule has 0 saturated heterocycles. The molecular formula is C21H19ClF3N5O3S. The molecule has 0 aliphatic heterocycles. The van der Waals surface area contributed by atoms with E-state index in [-0.39, 0.29) is 21.9 Å². The zero-order valence-corrected chi connectivity index (χ0v) is 19.6. The lowest BCUT2D eigenvalue weighted by molar-refractivity contribution is -0.141. The van der Waals surface area contributed by atoms with Gasteiger partial charge in [0.2, 0.25) is 0 Å². The first kappa shape index (κ1) is 24.2. The van der Waals surface area contributed by atoms with Crippen molar-refractivity contribution in [1.82, 2.24) is 20.1 Å². The molecule has 8 nitrogen and oxygen atoms in total. The van der Waals surface area contributed by atoms with E-state index in [4.69, 9.17) is 16.3 Å². The minimum absolute atomic E-state index is 0.0108. The van der Waals surface area contributed by atoms with Gasteiger partial charge >= 0.3 is 6.18 Å². The third kappa shape index (κ3) is 4.52. The van der Waals surface area contributed by atoms with E-state index in [1.165, 1.54) is 36.7 Å². The molecule has 34 heavy (non-hydrogen) atoms. The van der Waals surface area contributed by atoms with E-state index in [1.54, 1.807) is 7.11 Å². The smallest absolute Gasteiger partial charge is 0.381 e. The first-order chi connectivity index (χ1) is 16.1. The molecule has 4 rings (SSSR count). The van der Waals surface area contributed by atoms with E-state index in [2.05, 4.69) is 20.7 Å². The normalized spacial score (nSPS) is 15.6. The average Bonchev–Trinajstić information content (AvgIpc) is 3.40. The van der Waals surface area contributed by atoms with Crippen LogP contribution in [0.1, 0.15) is 43.4 Å². The van der Waals surface area contributed by atoms with E-state index in [9.17, 15) is 22.8 Å². The molecule has 1 atom stereocenters. The number of halogens is 4. The zero-order chi connectivity index (χ0) is 24.6. The molecule has 0 aromatic carbocycles. The number of carbonyl (C=O) groups is 2. The number of pyridine rings is 1. The van der Waals surface area contributed by atoms with Gasteiger partial charge in [-0.25, -0.2) is 9.67 Å². The summed E-state index contributed by atoms with van der Waals surface area (Å²) in [5.74, 6) is -1.43. The van der Waals surface area contributed by atoms with Gasteiger partial charge < -0.3 is 15.4 Å². The van der Waals surface area contributed by atoms with Gasteiger partial charge in [-0.2, -0.15) is 18.3 Å². The summed E-state index contributed by atoms with van der Waals surface area (Å²) in [6.07, 6.45) is -1.65. The lowest BCUT2D eigenvalue weighted by Gasteiger charge is -2.21.